The zero-order chi connectivity index (χ0) is 27.0. The van der Waals surface area contributed by atoms with E-state index in [-0.39, 0.29) is 17.6 Å². The number of allylic oxidation sites excluding steroid dienone is 1. The fourth-order valence-corrected chi connectivity index (χ4v) is 4.19. The molecule has 0 amide bonds. The maximum Gasteiger partial charge on any atom is 0.311 e. The SMILES string of the molecule is C=Cc1ccc(CCCCCCCCCCC(=O)Oc2ccc(C=CC(=O)c3ccc(F)cc3)cc2)cc1. The molecule has 0 atom stereocenters. The lowest BCUT2D eigenvalue weighted by Gasteiger charge is -2.05. The van der Waals surface area contributed by atoms with Gasteiger partial charge in [0, 0.05) is 12.0 Å². The molecule has 4 heteroatoms. The van der Waals surface area contributed by atoms with Crippen molar-refractivity contribution >= 4 is 23.9 Å². The minimum Gasteiger partial charge on any atom is -0.427 e. The van der Waals surface area contributed by atoms with Crippen molar-refractivity contribution < 1.29 is 18.7 Å². The molecule has 3 aromatic rings. The number of halogens is 1. The summed E-state index contributed by atoms with van der Waals surface area (Å²) in [4.78, 5) is 24.3. The molecule has 0 spiro atoms. The monoisotopic (exact) mass is 512 g/mol. The summed E-state index contributed by atoms with van der Waals surface area (Å²) in [7, 11) is 0. The van der Waals surface area contributed by atoms with Crippen molar-refractivity contribution in [2.24, 2.45) is 0 Å². The number of ether oxygens (including phenoxy) is 1. The fourth-order valence-electron chi connectivity index (χ4n) is 4.19. The van der Waals surface area contributed by atoms with E-state index in [0.29, 0.717) is 17.7 Å². The van der Waals surface area contributed by atoms with E-state index < -0.39 is 0 Å². The second kappa shape index (κ2) is 16.1. The van der Waals surface area contributed by atoms with Crippen LogP contribution >= 0.6 is 0 Å². The van der Waals surface area contributed by atoms with Crippen molar-refractivity contribution in [1.82, 2.24) is 0 Å². The van der Waals surface area contributed by atoms with Crippen molar-refractivity contribution in [3.05, 3.63) is 114 Å². The lowest BCUT2D eigenvalue weighted by atomic mass is 10.0. The first-order valence-corrected chi connectivity index (χ1v) is 13.5. The molecule has 0 heterocycles. The second-order valence-corrected chi connectivity index (χ2v) is 9.52. The summed E-state index contributed by atoms with van der Waals surface area (Å²) in [6, 6.07) is 21.1. The van der Waals surface area contributed by atoms with Crippen molar-refractivity contribution in [3.63, 3.8) is 0 Å². The van der Waals surface area contributed by atoms with Crippen LogP contribution in [0.4, 0.5) is 4.39 Å². The summed E-state index contributed by atoms with van der Waals surface area (Å²) >= 11 is 0. The third-order valence-corrected chi connectivity index (χ3v) is 6.48. The minimum atomic E-state index is -0.375. The van der Waals surface area contributed by atoms with E-state index in [0.717, 1.165) is 31.2 Å². The van der Waals surface area contributed by atoms with Gasteiger partial charge in [0.2, 0.25) is 0 Å². The average molecular weight is 513 g/mol. The second-order valence-electron chi connectivity index (χ2n) is 9.52. The molecule has 0 aliphatic rings. The van der Waals surface area contributed by atoms with Crippen LogP contribution in [0.2, 0.25) is 0 Å². The lowest BCUT2D eigenvalue weighted by molar-refractivity contribution is -0.134. The highest BCUT2D eigenvalue weighted by Crippen LogP contribution is 2.16. The summed E-state index contributed by atoms with van der Waals surface area (Å²) < 4.78 is 18.4. The number of hydrogen-bond acceptors (Lipinski definition) is 3. The predicted molar refractivity (Wildman–Crippen MR) is 154 cm³/mol. The van der Waals surface area contributed by atoms with Gasteiger partial charge in [-0.2, -0.15) is 0 Å². The maximum atomic E-state index is 13.0. The number of benzene rings is 3. The van der Waals surface area contributed by atoms with Gasteiger partial charge in [0.15, 0.2) is 5.78 Å². The Balaban J connectivity index is 1.21. The van der Waals surface area contributed by atoms with Gasteiger partial charge >= 0.3 is 5.97 Å². The molecule has 0 saturated carbocycles. The molecular weight excluding hydrogens is 475 g/mol. The number of carbonyl (C=O) groups is 2. The quantitative estimate of drug-likeness (QED) is 0.0632. The number of rotatable bonds is 16. The number of aryl methyl sites for hydroxylation is 1. The fraction of sp³-hybridized carbons (Fsp3) is 0.294. The molecule has 0 radical (unpaired) electrons. The van der Waals surface area contributed by atoms with Gasteiger partial charge in [-0.1, -0.05) is 93.7 Å². The van der Waals surface area contributed by atoms with Crippen molar-refractivity contribution in [1.29, 1.82) is 0 Å². The molecule has 0 N–H and O–H groups in total. The smallest absolute Gasteiger partial charge is 0.311 e. The van der Waals surface area contributed by atoms with E-state index in [4.69, 9.17) is 4.74 Å². The summed E-state index contributed by atoms with van der Waals surface area (Å²) in [5.74, 6) is -0.305. The average Bonchev–Trinajstić information content (AvgIpc) is 2.94. The highest BCUT2D eigenvalue weighted by molar-refractivity contribution is 6.06. The van der Waals surface area contributed by atoms with Crippen LogP contribution in [0, 0.1) is 5.82 Å². The Morgan fingerprint density at radius 2 is 1.29 bits per heavy atom. The van der Waals surface area contributed by atoms with Gasteiger partial charge in [-0.05, 0) is 78.4 Å². The molecule has 0 bridgehead atoms. The van der Waals surface area contributed by atoms with Crippen molar-refractivity contribution in [2.45, 2.75) is 64.2 Å². The largest absolute Gasteiger partial charge is 0.427 e. The topological polar surface area (TPSA) is 43.4 Å². The molecule has 3 aromatic carbocycles. The van der Waals surface area contributed by atoms with Crippen LogP contribution in [0.25, 0.3) is 12.2 Å². The predicted octanol–water partition coefficient (Wildman–Crippen LogP) is 9.02. The minimum absolute atomic E-state index is 0.202. The standard InChI is InChI=1S/C34H37FO3/c1-2-27-13-15-28(16-14-27)11-9-7-5-3-4-6-8-10-12-34(37)38-32-24-17-29(18-25-32)19-26-33(36)30-20-22-31(35)23-21-30/h2,13-26H,1,3-12H2. The van der Waals surface area contributed by atoms with Crippen LogP contribution < -0.4 is 4.74 Å². The molecule has 0 aliphatic heterocycles. The summed E-state index contributed by atoms with van der Waals surface area (Å²) in [5, 5.41) is 0. The first kappa shape index (κ1) is 28.8. The number of ketones is 1. The van der Waals surface area contributed by atoms with Crippen molar-refractivity contribution in [2.75, 3.05) is 0 Å². The Labute approximate surface area is 226 Å². The summed E-state index contributed by atoms with van der Waals surface area (Å²) in [6.07, 6.45) is 15.8. The third-order valence-electron chi connectivity index (χ3n) is 6.48. The van der Waals surface area contributed by atoms with E-state index >= 15 is 0 Å². The highest BCUT2D eigenvalue weighted by Gasteiger charge is 2.05. The van der Waals surface area contributed by atoms with Gasteiger partial charge in [-0.15, -0.1) is 0 Å². The molecule has 0 saturated heterocycles. The van der Waals surface area contributed by atoms with Gasteiger partial charge < -0.3 is 4.74 Å². The van der Waals surface area contributed by atoms with Crippen LogP contribution in [0.1, 0.15) is 84.8 Å². The molecule has 0 aromatic heterocycles. The summed E-state index contributed by atoms with van der Waals surface area (Å²) in [6.45, 7) is 3.79. The Hall–Kier alpha value is -3.79. The van der Waals surface area contributed by atoms with Crippen LogP contribution in [-0.4, -0.2) is 11.8 Å². The first-order chi connectivity index (χ1) is 18.5. The normalized spacial score (nSPS) is 11.0. The third kappa shape index (κ3) is 10.7. The van der Waals surface area contributed by atoms with Gasteiger partial charge in [0.1, 0.15) is 11.6 Å². The van der Waals surface area contributed by atoms with Crippen LogP contribution in [0.3, 0.4) is 0 Å². The Bertz CT molecular complexity index is 1180. The molecule has 198 valence electrons. The zero-order valence-electron chi connectivity index (χ0n) is 22.0. The van der Waals surface area contributed by atoms with Crippen molar-refractivity contribution in [3.8, 4) is 5.75 Å². The maximum absolute atomic E-state index is 13.0. The lowest BCUT2D eigenvalue weighted by Crippen LogP contribution is -2.07. The molecule has 0 aliphatic carbocycles. The Morgan fingerprint density at radius 3 is 1.92 bits per heavy atom. The molecule has 3 nitrogen and oxygen atoms in total. The zero-order valence-corrected chi connectivity index (χ0v) is 22.0. The van der Waals surface area contributed by atoms with Crippen LogP contribution in [-0.2, 0) is 11.2 Å². The van der Waals surface area contributed by atoms with E-state index in [1.807, 2.05) is 6.08 Å². The van der Waals surface area contributed by atoms with E-state index in [9.17, 15) is 14.0 Å². The number of carbonyl (C=O) groups excluding carboxylic acids is 2. The van der Waals surface area contributed by atoms with E-state index in [2.05, 4.69) is 30.8 Å². The highest BCUT2D eigenvalue weighted by atomic mass is 19.1. The number of esters is 1. The van der Waals surface area contributed by atoms with Gasteiger partial charge in [-0.25, -0.2) is 4.39 Å². The molecule has 0 unspecified atom stereocenters. The Morgan fingerprint density at radius 1 is 0.711 bits per heavy atom. The van der Waals surface area contributed by atoms with Gasteiger partial charge in [0.25, 0.3) is 0 Å². The number of unbranched alkanes of at least 4 members (excludes halogenated alkanes) is 7. The van der Waals surface area contributed by atoms with Crippen LogP contribution in [0.15, 0.2) is 85.5 Å². The van der Waals surface area contributed by atoms with E-state index in [1.54, 1.807) is 30.3 Å². The number of hydrogen-bond donors (Lipinski definition) is 0. The first-order valence-electron chi connectivity index (χ1n) is 13.5. The molecule has 38 heavy (non-hydrogen) atoms. The molecular formula is C34H37FO3. The van der Waals surface area contributed by atoms with Gasteiger partial charge in [0.05, 0.1) is 0 Å². The van der Waals surface area contributed by atoms with Gasteiger partial charge in [-0.3, -0.25) is 9.59 Å². The van der Waals surface area contributed by atoms with Crippen LogP contribution in [0.5, 0.6) is 5.75 Å². The Kier molecular flexibility index (Phi) is 12.2. The molecule has 0 fully saturated rings. The summed E-state index contributed by atoms with van der Waals surface area (Å²) in [5.41, 5.74) is 3.79. The molecule has 3 rings (SSSR count). The van der Waals surface area contributed by atoms with E-state index in [1.165, 1.54) is 73.6 Å².